The van der Waals surface area contributed by atoms with E-state index in [-0.39, 0.29) is 31.9 Å². The fraction of sp³-hybridized carbons (Fsp3) is 0.375. The number of aliphatic carboxylic acids is 1. The number of alkyl carbamates (subject to hydrolysis) is 1. The third-order valence-electron chi connectivity index (χ3n) is 5.50. The van der Waals surface area contributed by atoms with Crippen LogP contribution in [0.15, 0.2) is 48.5 Å². The van der Waals surface area contributed by atoms with Gasteiger partial charge in [-0.1, -0.05) is 48.5 Å². The molecule has 0 radical (unpaired) electrons. The van der Waals surface area contributed by atoms with Gasteiger partial charge >= 0.3 is 12.1 Å². The standard InChI is InChI=1S/C24H28N2O6/c1-15(27)13-26(2)23(30)21(11-12-22(28)29)25-24(31)32-14-20-18-9-5-3-7-16(18)17-8-4-6-10-19(17)20/h3-10,15,20-21,27H,11-14H2,1-2H3,(H,25,31)(H,28,29). The minimum absolute atomic E-state index is 0.0643. The van der Waals surface area contributed by atoms with Crippen molar-refractivity contribution in [3.8, 4) is 11.1 Å². The van der Waals surface area contributed by atoms with Crippen LogP contribution in [0.4, 0.5) is 4.79 Å². The lowest BCUT2D eigenvalue weighted by Gasteiger charge is -2.25. The van der Waals surface area contributed by atoms with Crippen LogP contribution in [0, 0.1) is 0 Å². The SMILES string of the molecule is CC(O)CN(C)C(=O)C(CCC(=O)O)NC(=O)OCC1c2ccccc2-c2ccccc21. The molecule has 0 heterocycles. The Labute approximate surface area is 186 Å². The maximum absolute atomic E-state index is 12.7. The first-order chi connectivity index (χ1) is 15.3. The molecule has 0 aliphatic heterocycles. The molecule has 2 aromatic rings. The second-order valence-corrected chi connectivity index (χ2v) is 8.02. The van der Waals surface area contributed by atoms with Gasteiger partial charge in [-0.05, 0) is 35.6 Å². The van der Waals surface area contributed by atoms with Gasteiger partial charge in [0.05, 0.1) is 6.10 Å². The van der Waals surface area contributed by atoms with E-state index < -0.39 is 30.1 Å². The van der Waals surface area contributed by atoms with E-state index in [4.69, 9.17) is 9.84 Å². The molecule has 0 saturated carbocycles. The molecule has 2 amide bonds. The van der Waals surface area contributed by atoms with Crippen molar-refractivity contribution in [2.45, 2.75) is 37.8 Å². The minimum Gasteiger partial charge on any atom is -0.481 e. The van der Waals surface area contributed by atoms with Crippen LogP contribution >= 0.6 is 0 Å². The van der Waals surface area contributed by atoms with E-state index in [0.29, 0.717) is 0 Å². The van der Waals surface area contributed by atoms with Crippen molar-refractivity contribution >= 4 is 18.0 Å². The van der Waals surface area contributed by atoms with Gasteiger partial charge in [0.15, 0.2) is 0 Å². The zero-order valence-electron chi connectivity index (χ0n) is 18.2. The van der Waals surface area contributed by atoms with E-state index in [9.17, 15) is 19.5 Å². The fourth-order valence-electron chi connectivity index (χ4n) is 4.06. The summed E-state index contributed by atoms with van der Waals surface area (Å²) in [4.78, 5) is 37.4. The Bertz CT molecular complexity index is 944. The molecule has 2 atom stereocenters. The third kappa shape index (κ3) is 5.45. The third-order valence-corrected chi connectivity index (χ3v) is 5.50. The van der Waals surface area contributed by atoms with Crippen LogP contribution < -0.4 is 5.32 Å². The van der Waals surface area contributed by atoms with Gasteiger partial charge in [0.25, 0.3) is 0 Å². The molecule has 2 unspecified atom stereocenters. The van der Waals surface area contributed by atoms with Gasteiger partial charge in [0.1, 0.15) is 12.6 Å². The Morgan fingerprint density at radius 3 is 2.16 bits per heavy atom. The smallest absolute Gasteiger partial charge is 0.407 e. The van der Waals surface area contributed by atoms with Crippen LogP contribution in [-0.4, -0.2) is 65.4 Å². The zero-order chi connectivity index (χ0) is 23.3. The van der Waals surface area contributed by atoms with Crippen LogP contribution in [0.25, 0.3) is 11.1 Å². The molecule has 0 fully saturated rings. The van der Waals surface area contributed by atoms with E-state index in [1.165, 1.54) is 18.9 Å². The summed E-state index contributed by atoms with van der Waals surface area (Å²) in [5, 5.41) is 21.0. The van der Waals surface area contributed by atoms with Gasteiger partial charge in [-0.3, -0.25) is 9.59 Å². The molecule has 32 heavy (non-hydrogen) atoms. The average molecular weight is 440 g/mol. The van der Waals surface area contributed by atoms with Crippen molar-refractivity contribution in [3.05, 3.63) is 59.7 Å². The Balaban J connectivity index is 1.67. The number of carbonyl (C=O) groups excluding carboxylic acids is 2. The number of rotatable bonds is 9. The highest BCUT2D eigenvalue weighted by molar-refractivity contribution is 5.86. The lowest BCUT2D eigenvalue weighted by molar-refractivity contribution is -0.138. The Kier molecular flexibility index (Phi) is 7.48. The molecule has 0 saturated heterocycles. The molecular formula is C24H28N2O6. The van der Waals surface area contributed by atoms with Crippen molar-refractivity contribution in [2.24, 2.45) is 0 Å². The molecule has 8 heteroatoms. The van der Waals surface area contributed by atoms with Crippen molar-refractivity contribution in [1.82, 2.24) is 10.2 Å². The van der Waals surface area contributed by atoms with Gasteiger partial charge < -0.3 is 25.2 Å². The number of fused-ring (bicyclic) bond motifs is 3. The number of hydrogen-bond acceptors (Lipinski definition) is 5. The van der Waals surface area contributed by atoms with Gasteiger partial charge in [-0.15, -0.1) is 0 Å². The highest BCUT2D eigenvalue weighted by Crippen LogP contribution is 2.44. The second kappa shape index (κ2) is 10.3. The molecule has 3 N–H and O–H groups in total. The number of aliphatic hydroxyl groups is 1. The van der Waals surface area contributed by atoms with E-state index in [0.717, 1.165) is 22.3 Å². The molecule has 8 nitrogen and oxygen atoms in total. The first kappa shape index (κ1) is 23.3. The van der Waals surface area contributed by atoms with Gasteiger partial charge in [0.2, 0.25) is 5.91 Å². The fourth-order valence-corrected chi connectivity index (χ4v) is 4.06. The summed E-state index contributed by atoms with van der Waals surface area (Å²) in [7, 11) is 1.49. The monoisotopic (exact) mass is 440 g/mol. The van der Waals surface area contributed by atoms with Crippen molar-refractivity contribution in [2.75, 3.05) is 20.2 Å². The van der Waals surface area contributed by atoms with E-state index in [1.807, 2.05) is 48.5 Å². The maximum atomic E-state index is 12.7. The Hall–Kier alpha value is -3.39. The normalized spacial score (nSPS) is 14.1. The van der Waals surface area contributed by atoms with Crippen LogP contribution in [0.3, 0.4) is 0 Å². The summed E-state index contributed by atoms with van der Waals surface area (Å²) < 4.78 is 5.47. The highest BCUT2D eigenvalue weighted by atomic mass is 16.5. The first-order valence-corrected chi connectivity index (χ1v) is 10.5. The van der Waals surface area contributed by atoms with Crippen molar-refractivity contribution in [3.63, 3.8) is 0 Å². The first-order valence-electron chi connectivity index (χ1n) is 10.5. The largest absolute Gasteiger partial charge is 0.481 e. The molecule has 0 spiro atoms. The van der Waals surface area contributed by atoms with Crippen molar-refractivity contribution in [1.29, 1.82) is 0 Å². The quantitative estimate of drug-likeness (QED) is 0.552. The minimum atomic E-state index is -1.07. The van der Waals surface area contributed by atoms with Crippen LogP contribution in [0.1, 0.15) is 36.8 Å². The number of likely N-dealkylation sites (N-methyl/N-ethyl adjacent to an activating group) is 1. The molecule has 2 aromatic carbocycles. The van der Waals surface area contributed by atoms with Crippen LogP contribution in [0.5, 0.6) is 0 Å². The highest BCUT2D eigenvalue weighted by Gasteiger charge is 2.30. The van der Waals surface area contributed by atoms with Gasteiger partial charge in [-0.2, -0.15) is 0 Å². The summed E-state index contributed by atoms with van der Waals surface area (Å²) in [5.74, 6) is -1.68. The molecule has 0 bridgehead atoms. The number of nitrogens with zero attached hydrogens (tertiary/aromatic N) is 1. The summed E-state index contributed by atoms with van der Waals surface area (Å²) in [5.41, 5.74) is 4.34. The average Bonchev–Trinajstić information content (AvgIpc) is 3.08. The molecule has 170 valence electrons. The maximum Gasteiger partial charge on any atom is 0.407 e. The molecular weight excluding hydrogens is 412 g/mol. The number of carboxylic acids is 1. The molecule has 1 aliphatic rings. The molecule has 3 rings (SSSR count). The number of hydrogen-bond donors (Lipinski definition) is 3. The number of benzene rings is 2. The molecule has 1 aliphatic carbocycles. The van der Waals surface area contributed by atoms with E-state index >= 15 is 0 Å². The van der Waals surface area contributed by atoms with Crippen LogP contribution in [0.2, 0.25) is 0 Å². The number of carboxylic acid groups (broad SMARTS) is 1. The number of nitrogens with one attached hydrogen (secondary N) is 1. The van der Waals surface area contributed by atoms with Gasteiger partial charge in [-0.25, -0.2) is 4.79 Å². The van der Waals surface area contributed by atoms with E-state index in [2.05, 4.69) is 5.32 Å². The van der Waals surface area contributed by atoms with Gasteiger partial charge in [0, 0.05) is 25.9 Å². The molecule has 0 aromatic heterocycles. The summed E-state index contributed by atoms with van der Waals surface area (Å²) >= 11 is 0. The lowest BCUT2D eigenvalue weighted by Crippen LogP contribution is -2.49. The zero-order valence-corrected chi connectivity index (χ0v) is 18.2. The van der Waals surface area contributed by atoms with Crippen LogP contribution in [-0.2, 0) is 14.3 Å². The Morgan fingerprint density at radius 2 is 1.62 bits per heavy atom. The predicted octanol–water partition coefficient (Wildman–Crippen LogP) is 2.60. The lowest BCUT2D eigenvalue weighted by atomic mass is 9.98. The number of aliphatic hydroxyl groups excluding tert-OH is 1. The van der Waals surface area contributed by atoms with Crippen molar-refractivity contribution < 1.29 is 29.3 Å². The summed E-state index contributed by atoms with van der Waals surface area (Å²) in [6.07, 6.45) is -1.91. The second-order valence-electron chi connectivity index (χ2n) is 8.02. The Morgan fingerprint density at radius 1 is 1.06 bits per heavy atom. The number of amides is 2. The predicted molar refractivity (Wildman–Crippen MR) is 118 cm³/mol. The summed E-state index contributed by atoms with van der Waals surface area (Å²) in [6, 6.07) is 14.8. The number of ether oxygens (including phenoxy) is 1. The topological polar surface area (TPSA) is 116 Å². The summed E-state index contributed by atoms with van der Waals surface area (Å²) in [6.45, 7) is 1.69. The van der Waals surface area contributed by atoms with E-state index in [1.54, 1.807) is 0 Å². The number of carbonyl (C=O) groups is 3.